The maximum atomic E-state index is 14.9. The number of halogens is 4. The monoisotopic (exact) mass is 459 g/mol. The number of hydrogen-bond acceptors (Lipinski definition) is 6. The zero-order valence-electron chi connectivity index (χ0n) is 18.1. The first-order valence-electron chi connectivity index (χ1n) is 10.1. The third-order valence-corrected chi connectivity index (χ3v) is 5.29. The molecule has 176 valence electrons. The van der Waals surface area contributed by atoms with E-state index in [0.29, 0.717) is 0 Å². The Balaban J connectivity index is 2.19. The van der Waals surface area contributed by atoms with Gasteiger partial charge in [0.25, 0.3) is 0 Å². The van der Waals surface area contributed by atoms with Crippen LogP contribution in [0.3, 0.4) is 0 Å². The Kier molecular flexibility index (Phi) is 6.01. The lowest BCUT2D eigenvalue weighted by molar-refractivity contribution is -0.218. The number of amidine groups is 1. The fraction of sp³-hybridized carbons (Fsp3) is 0.571. The molecule has 3 rings (SSSR count). The molecule has 1 saturated heterocycles. The number of aliphatic imine (C=N–C) groups is 1. The molecule has 1 aromatic rings. The van der Waals surface area contributed by atoms with Crippen LogP contribution >= 0.6 is 0 Å². The number of hydrogen-bond donors (Lipinski definition) is 1. The lowest BCUT2D eigenvalue weighted by atomic mass is 9.75. The summed E-state index contributed by atoms with van der Waals surface area (Å²) in [4.78, 5) is 31.1. The van der Waals surface area contributed by atoms with Crippen molar-refractivity contribution in [3.8, 4) is 0 Å². The number of amides is 1. The van der Waals surface area contributed by atoms with Crippen LogP contribution in [-0.4, -0.2) is 53.6 Å². The van der Waals surface area contributed by atoms with Crippen molar-refractivity contribution in [3.63, 3.8) is 0 Å². The number of ether oxygens (including phenoxy) is 2. The second kappa shape index (κ2) is 8.02. The molecule has 1 fully saturated rings. The number of nitrogen functional groups attached to an aromatic ring is 1. The van der Waals surface area contributed by atoms with Crippen molar-refractivity contribution in [2.45, 2.75) is 57.5 Å². The molecule has 0 radical (unpaired) electrons. The zero-order chi connectivity index (χ0) is 24.1. The van der Waals surface area contributed by atoms with Gasteiger partial charge in [0.15, 0.2) is 6.10 Å². The van der Waals surface area contributed by atoms with Crippen LogP contribution < -0.4 is 5.73 Å². The Hall–Kier alpha value is -2.69. The second-order valence-corrected chi connectivity index (χ2v) is 8.79. The minimum atomic E-state index is -4.89. The minimum Gasteiger partial charge on any atom is -0.460 e. The second-order valence-electron chi connectivity index (χ2n) is 8.79. The molecular formula is C21H25F4N3O4. The van der Waals surface area contributed by atoms with E-state index in [2.05, 4.69) is 4.99 Å². The molecule has 7 nitrogen and oxygen atoms in total. The van der Waals surface area contributed by atoms with Crippen LogP contribution in [0.4, 0.5) is 23.2 Å². The quantitative estimate of drug-likeness (QED) is 0.424. The standard InChI is InChI=1S/C21H25F4N3O4/c1-5-28-14(9-15(29)32-19(2,3)4)27-20(12-8-11(26)6-7-13(12)22)10-31-17(21(23,24)25)16(20)18(28)30/h6-8,16-17H,5,9-10,26H2,1-4H3/t16-,17-,20+/m0/s1. The number of carbonyl (C=O) groups excluding carboxylic acids is 2. The topological polar surface area (TPSA) is 94.2 Å². The average molecular weight is 459 g/mol. The first-order chi connectivity index (χ1) is 14.7. The predicted octanol–water partition coefficient (Wildman–Crippen LogP) is 3.17. The molecule has 0 unspecified atom stereocenters. The molecule has 11 heteroatoms. The number of alkyl halides is 3. The Bertz CT molecular complexity index is 957. The van der Waals surface area contributed by atoms with E-state index in [1.54, 1.807) is 20.8 Å². The smallest absolute Gasteiger partial charge is 0.415 e. The number of benzene rings is 1. The maximum absolute atomic E-state index is 14.9. The SMILES string of the molecule is CCN1C(=O)[C@@H]2[C@@H](C(F)(F)F)OC[C@]2(c2cc(N)ccc2F)N=C1CC(=O)OC(C)(C)C. The van der Waals surface area contributed by atoms with Crippen molar-refractivity contribution in [2.24, 2.45) is 10.9 Å². The van der Waals surface area contributed by atoms with Crippen molar-refractivity contribution in [3.05, 3.63) is 29.6 Å². The highest BCUT2D eigenvalue weighted by molar-refractivity contribution is 6.08. The summed E-state index contributed by atoms with van der Waals surface area (Å²) in [5.74, 6) is -4.55. The van der Waals surface area contributed by atoms with Gasteiger partial charge in [0.1, 0.15) is 35.1 Å². The summed E-state index contributed by atoms with van der Waals surface area (Å²) in [5.41, 5.74) is 2.69. The van der Waals surface area contributed by atoms with E-state index >= 15 is 0 Å². The van der Waals surface area contributed by atoms with Crippen LogP contribution in [-0.2, 0) is 24.6 Å². The zero-order valence-corrected chi connectivity index (χ0v) is 18.1. The molecular weight excluding hydrogens is 434 g/mol. The van der Waals surface area contributed by atoms with Gasteiger partial charge in [-0.05, 0) is 45.9 Å². The normalized spacial score (nSPS) is 26.1. The molecule has 32 heavy (non-hydrogen) atoms. The molecule has 2 aliphatic heterocycles. The van der Waals surface area contributed by atoms with E-state index in [-0.39, 0.29) is 23.6 Å². The minimum absolute atomic E-state index is 0.0446. The van der Waals surface area contributed by atoms with Gasteiger partial charge < -0.3 is 15.2 Å². The molecule has 0 bridgehead atoms. The number of nitrogens with zero attached hydrogens (tertiary/aromatic N) is 2. The van der Waals surface area contributed by atoms with E-state index < -0.39 is 60.1 Å². The van der Waals surface area contributed by atoms with Crippen LogP contribution in [0.1, 0.15) is 39.7 Å². The molecule has 2 heterocycles. The molecule has 2 N–H and O–H groups in total. The number of carbonyl (C=O) groups is 2. The van der Waals surface area contributed by atoms with Crippen molar-refractivity contribution in [1.82, 2.24) is 4.90 Å². The van der Waals surface area contributed by atoms with Gasteiger partial charge in [-0.1, -0.05) is 0 Å². The molecule has 2 aliphatic rings. The Morgan fingerprint density at radius 3 is 2.56 bits per heavy atom. The molecule has 3 atom stereocenters. The number of anilines is 1. The largest absolute Gasteiger partial charge is 0.460 e. The highest BCUT2D eigenvalue weighted by atomic mass is 19.4. The molecule has 0 aromatic heterocycles. The summed E-state index contributed by atoms with van der Waals surface area (Å²) in [6.45, 7) is 5.73. The summed E-state index contributed by atoms with van der Waals surface area (Å²) in [5, 5.41) is 0. The number of fused-ring (bicyclic) bond motifs is 1. The van der Waals surface area contributed by atoms with Crippen LogP contribution in [0, 0.1) is 11.7 Å². The fourth-order valence-electron chi connectivity index (χ4n) is 4.12. The maximum Gasteiger partial charge on any atom is 0.415 e. The predicted molar refractivity (Wildman–Crippen MR) is 107 cm³/mol. The third-order valence-electron chi connectivity index (χ3n) is 5.29. The van der Waals surface area contributed by atoms with Gasteiger partial charge in [-0.25, -0.2) is 4.39 Å². The van der Waals surface area contributed by atoms with Gasteiger partial charge in [-0.3, -0.25) is 19.5 Å². The highest BCUT2D eigenvalue weighted by Gasteiger charge is 2.66. The van der Waals surface area contributed by atoms with Crippen molar-refractivity contribution in [1.29, 1.82) is 0 Å². The van der Waals surface area contributed by atoms with Gasteiger partial charge in [0.05, 0.1) is 6.61 Å². The Morgan fingerprint density at radius 1 is 1.34 bits per heavy atom. The van der Waals surface area contributed by atoms with E-state index in [1.165, 1.54) is 13.0 Å². The van der Waals surface area contributed by atoms with E-state index in [0.717, 1.165) is 17.0 Å². The van der Waals surface area contributed by atoms with Crippen LogP contribution in [0.15, 0.2) is 23.2 Å². The van der Waals surface area contributed by atoms with Gasteiger partial charge in [0, 0.05) is 17.8 Å². The molecule has 1 amide bonds. The first-order valence-corrected chi connectivity index (χ1v) is 10.1. The van der Waals surface area contributed by atoms with Crippen LogP contribution in [0.5, 0.6) is 0 Å². The molecule has 0 spiro atoms. The highest BCUT2D eigenvalue weighted by Crippen LogP contribution is 2.51. The number of rotatable bonds is 4. The van der Waals surface area contributed by atoms with Crippen LogP contribution in [0.25, 0.3) is 0 Å². The summed E-state index contributed by atoms with van der Waals surface area (Å²) < 4.78 is 66.4. The van der Waals surface area contributed by atoms with Crippen molar-refractivity contribution >= 4 is 23.4 Å². The molecule has 1 aromatic carbocycles. The van der Waals surface area contributed by atoms with Gasteiger partial charge in [0.2, 0.25) is 5.91 Å². The molecule has 0 aliphatic carbocycles. The lowest BCUT2D eigenvalue weighted by Crippen LogP contribution is -2.57. The average Bonchev–Trinajstić information content (AvgIpc) is 3.03. The van der Waals surface area contributed by atoms with E-state index in [4.69, 9.17) is 15.2 Å². The summed E-state index contributed by atoms with van der Waals surface area (Å²) in [7, 11) is 0. The molecule has 0 saturated carbocycles. The van der Waals surface area contributed by atoms with Gasteiger partial charge in [-0.15, -0.1) is 0 Å². The van der Waals surface area contributed by atoms with Crippen molar-refractivity contribution in [2.75, 3.05) is 18.9 Å². The Labute approximate surface area is 182 Å². The fourth-order valence-corrected chi connectivity index (χ4v) is 4.12. The number of nitrogens with two attached hydrogens (primary N) is 1. The van der Waals surface area contributed by atoms with E-state index in [9.17, 15) is 27.2 Å². The number of esters is 1. The summed E-state index contributed by atoms with van der Waals surface area (Å²) in [6, 6.07) is 3.39. The van der Waals surface area contributed by atoms with Gasteiger partial charge >= 0.3 is 12.1 Å². The summed E-state index contributed by atoms with van der Waals surface area (Å²) >= 11 is 0. The third kappa shape index (κ3) is 4.30. The van der Waals surface area contributed by atoms with Crippen molar-refractivity contribution < 1.29 is 36.6 Å². The van der Waals surface area contributed by atoms with E-state index in [1.807, 2.05) is 0 Å². The Morgan fingerprint density at radius 2 is 2.00 bits per heavy atom. The van der Waals surface area contributed by atoms with Crippen LogP contribution in [0.2, 0.25) is 0 Å². The first kappa shape index (κ1) is 24.0. The van der Waals surface area contributed by atoms with Gasteiger partial charge in [-0.2, -0.15) is 13.2 Å². The lowest BCUT2D eigenvalue weighted by Gasteiger charge is -2.41. The summed E-state index contributed by atoms with van der Waals surface area (Å²) in [6.07, 6.45) is -7.86.